The van der Waals surface area contributed by atoms with Crippen LogP contribution in [0.4, 0.5) is 5.13 Å². The van der Waals surface area contributed by atoms with Crippen molar-refractivity contribution in [1.82, 2.24) is 15.2 Å². The minimum Gasteiger partial charge on any atom is -0.420 e. The minimum atomic E-state index is -0.554. The molecule has 0 atom stereocenters. The summed E-state index contributed by atoms with van der Waals surface area (Å²) in [7, 11) is 0. The molecule has 0 bridgehead atoms. The van der Waals surface area contributed by atoms with Gasteiger partial charge in [-0.3, -0.25) is 4.79 Å². The van der Waals surface area contributed by atoms with E-state index in [2.05, 4.69) is 20.5 Å². The van der Waals surface area contributed by atoms with Crippen LogP contribution in [-0.2, 0) is 17.6 Å². The van der Waals surface area contributed by atoms with Gasteiger partial charge in [0.1, 0.15) is 16.2 Å². The van der Waals surface area contributed by atoms with Gasteiger partial charge in [-0.1, -0.05) is 29.9 Å². The number of nitrogens with one attached hydrogen (secondary N) is 1. The largest absolute Gasteiger partial charge is 0.420 e. The van der Waals surface area contributed by atoms with Gasteiger partial charge < -0.3 is 9.73 Å². The van der Waals surface area contributed by atoms with E-state index < -0.39 is 5.63 Å². The van der Waals surface area contributed by atoms with Gasteiger partial charge in [0.15, 0.2) is 5.58 Å². The first-order chi connectivity index (χ1) is 11.5. The first kappa shape index (κ1) is 16.5. The molecule has 1 amide bonds. The van der Waals surface area contributed by atoms with E-state index in [9.17, 15) is 9.59 Å². The van der Waals surface area contributed by atoms with Gasteiger partial charge in [-0.2, -0.15) is 0 Å². The molecule has 24 heavy (non-hydrogen) atoms. The van der Waals surface area contributed by atoms with Crippen molar-refractivity contribution in [2.24, 2.45) is 0 Å². The Morgan fingerprint density at radius 3 is 2.96 bits per heavy atom. The molecule has 0 fully saturated rings. The zero-order valence-electron chi connectivity index (χ0n) is 12.7. The minimum absolute atomic E-state index is 0.0882. The number of hydrogen-bond acceptors (Lipinski definition) is 7. The quantitative estimate of drug-likeness (QED) is 0.747. The molecule has 3 aromatic rings. The van der Waals surface area contributed by atoms with E-state index in [-0.39, 0.29) is 24.4 Å². The molecule has 7 nitrogen and oxygen atoms in total. The molecule has 2 heterocycles. The molecule has 1 aromatic carbocycles. The third-order valence-corrected chi connectivity index (χ3v) is 4.44. The Bertz CT molecular complexity index is 953. The average Bonchev–Trinajstić information content (AvgIpc) is 3.01. The van der Waals surface area contributed by atoms with Crippen LogP contribution in [0.15, 0.2) is 27.4 Å². The number of amides is 1. The third-order valence-electron chi connectivity index (χ3n) is 3.22. The van der Waals surface area contributed by atoms with E-state index in [1.807, 2.05) is 6.92 Å². The number of carbonyl (C=O) groups excluding carboxylic acids is 1. The smallest absolute Gasteiger partial charge is 0.358 e. The van der Waals surface area contributed by atoms with Crippen molar-refractivity contribution in [2.45, 2.75) is 26.2 Å². The number of aromatic nitrogens is 3. The number of aryl methyl sites for hydroxylation is 2. The Labute approximate surface area is 145 Å². The lowest BCUT2D eigenvalue weighted by Gasteiger charge is -2.02. The molecule has 0 aliphatic carbocycles. The lowest BCUT2D eigenvalue weighted by Crippen LogP contribution is -2.16. The summed E-state index contributed by atoms with van der Waals surface area (Å²) in [5, 5.41) is 12.2. The van der Waals surface area contributed by atoms with Crippen molar-refractivity contribution < 1.29 is 9.21 Å². The molecule has 124 valence electrons. The van der Waals surface area contributed by atoms with E-state index in [0.717, 1.165) is 11.4 Å². The van der Waals surface area contributed by atoms with E-state index in [0.29, 0.717) is 21.3 Å². The number of halogens is 1. The third kappa shape index (κ3) is 3.77. The summed E-state index contributed by atoms with van der Waals surface area (Å²) < 4.78 is 5.19. The molecule has 0 aliphatic rings. The first-order valence-electron chi connectivity index (χ1n) is 7.26. The predicted octanol–water partition coefficient (Wildman–Crippen LogP) is 2.83. The highest BCUT2D eigenvalue weighted by Gasteiger charge is 2.12. The van der Waals surface area contributed by atoms with Crippen LogP contribution in [0.2, 0.25) is 5.02 Å². The summed E-state index contributed by atoms with van der Waals surface area (Å²) in [6, 6.07) is 4.81. The molecule has 2 aromatic heterocycles. The number of anilines is 1. The maximum Gasteiger partial charge on any atom is 0.358 e. The monoisotopic (exact) mass is 364 g/mol. The van der Waals surface area contributed by atoms with Crippen molar-refractivity contribution in [1.29, 1.82) is 0 Å². The second-order valence-electron chi connectivity index (χ2n) is 4.96. The van der Waals surface area contributed by atoms with Crippen LogP contribution >= 0.6 is 22.9 Å². The Hall–Kier alpha value is -2.32. The fraction of sp³-hybridized carbons (Fsp3) is 0.267. The summed E-state index contributed by atoms with van der Waals surface area (Å²) in [6.45, 7) is 1.96. The molecule has 0 unspecified atom stereocenters. The second kappa shape index (κ2) is 7.06. The van der Waals surface area contributed by atoms with E-state index >= 15 is 0 Å². The van der Waals surface area contributed by atoms with Gasteiger partial charge in [0, 0.05) is 17.9 Å². The highest BCUT2D eigenvalue weighted by atomic mass is 35.5. The Kier molecular flexibility index (Phi) is 4.86. The molecular weight excluding hydrogens is 352 g/mol. The van der Waals surface area contributed by atoms with Gasteiger partial charge in [-0.25, -0.2) is 9.78 Å². The van der Waals surface area contributed by atoms with Crippen LogP contribution < -0.4 is 10.9 Å². The Morgan fingerprint density at radius 2 is 2.21 bits per heavy atom. The van der Waals surface area contributed by atoms with Crippen molar-refractivity contribution in [2.75, 3.05) is 5.32 Å². The van der Waals surface area contributed by atoms with Crippen LogP contribution in [-0.4, -0.2) is 21.1 Å². The number of carbonyl (C=O) groups is 1. The lowest BCUT2D eigenvalue weighted by atomic mass is 10.2. The zero-order valence-corrected chi connectivity index (χ0v) is 14.3. The molecule has 3 rings (SSSR count). The van der Waals surface area contributed by atoms with Crippen molar-refractivity contribution in [3.8, 4) is 0 Å². The Morgan fingerprint density at radius 1 is 1.38 bits per heavy atom. The molecule has 1 N–H and O–H groups in total. The van der Waals surface area contributed by atoms with Gasteiger partial charge in [0.25, 0.3) is 0 Å². The van der Waals surface area contributed by atoms with E-state index in [1.165, 1.54) is 11.3 Å². The van der Waals surface area contributed by atoms with Crippen LogP contribution in [0.25, 0.3) is 11.1 Å². The standard InChI is InChI=1S/C15H13ClN4O3S/c1-2-13-19-20-15(24-13)18-12(21)6-4-9-14(22)23-11-5-3-8(16)7-10(11)17-9/h3,5,7H,2,4,6H2,1H3,(H,18,20,21). The molecule has 0 saturated carbocycles. The SMILES string of the molecule is CCc1nnc(NC(=O)CCc2nc3cc(Cl)ccc3oc2=O)s1. The van der Waals surface area contributed by atoms with Crippen LogP contribution in [0, 0.1) is 0 Å². The van der Waals surface area contributed by atoms with Gasteiger partial charge in [0.2, 0.25) is 11.0 Å². The van der Waals surface area contributed by atoms with Gasteiger partial charge in [0.05, 0.1) is 0 Å². The van der Waals surface area contributed by atoms with Crippen LogP contribution in [0.5, 0.6) is 0 Å². The van der Waals surface area contributed by atoms with Gasteiger partial charge >= 0.3 is 5.63 Å². The summed E-state index contributed by atoms with van der Waals surface area (Å²) in [4.78, 5) is 28.1. The van der Waals surface area contributed by atoms with Crippen molar-refractivity contribution in [3.63, 3.8) is 0 Å². The van der Waals surface area contributed by atoms with Gasteiger partial charge in [-0.05, 0) is 24.6 Å². The van der Waals surface area contributed by atoms with Crippen LogP contribution in [0.1, 0.15) is 24.0 Å². The average molecular weight is 365 g/mol. The lowest BCUT2D eigenvalue weighted by molar-refractivity contribution is -0.116. The Balaban J connectivity index is 1.69. The molecule has 0 saturated heterocycles. The molecule has 0 spiro atoms. The second-order valence-corrected chi connectivity index (χ2v) is 6.46. The molecule has 0 radical (unpaired) electrons. The molecule has 9 heteroatoms. The molecular formula is C15H13ClN4O3S. The summed E-state index contributed by atoms with van der Waals surface area (Å²) in [6.07, 6.45) is 1.01. The fourth-order valence-corrected chi connectivity index (χ4v) is 2.89. The number of hydrogen-bond donors (Lipinski definition) is 1. The maximum atomic E-state index is 12.0. The number of fused-ring (bicyclic) bond motifs is 1. The normalized spacial score (nSPS) is 10.9. The first-order valence-corrected chi connectivity index (χ1v) is 8.46. The summed E-state index contributed by atoms with van der Waals surface area (Å²) in [5.74, 6) is -0.263. The maximum absolute atomic E-state index is 12.0. The number of rotatable bonds is 5. The van der Waals surface area contributed by atoms with Crippen LogP contribution in [0.3, 0.4) is 0 Å². The van der Waals surface area contributed by atoms with Crippen molar-refractivity contribution in [3.05, 3.63) is 44.3 Å². The highest BCUT2D eigenvalue weighted by molar-refractivity contribution is 7.15. The summed E-state index contributed by atoms with van der Waals surface area (Å²) in [5.41, 5.74) is 0.473. The molecule has 0 aliphatic heterocycles. The summed E-state index contributed by atoms with van der Waals surface area (Å²) >= 11 is 7.23. The number of benzene rings is 1. The highest BCUT2D eigenvalue weighted by Crippen LogP contribution is 2.17. The fourth-order valence-electron chi connectivity index (χ4n) is 2.03. The topological polar surface area (TPSA) is 98.0 Å². The van der Waals surface area contributed by atoms with E-state index in [4.69, 9.17) is 16.0 Å². The zero-order chi connectivity index (χ0) is 17.1. The van der Waals surface area contributed by atoms with Crippen molar-refractivity contribution >= 4 is 45.1 Å². The predicted molar refractivity (Wildman–Crippen MR) is 91.5 cm³/mol. The van der Waals surface area contributed by atoms with E-state index in [1.54, 1.807) is 18.2 Å². The number of nitrogens with zero attached hydrogens (tertiary/aromatic N) is 3. The van der Waals surface area contributed by atoms with Gasteiger partial charge in [-0.15, -0.1) is 10.2 Å².